The summed E-state index contributed by atoms with van der Waals surface area (Å²) in [5.74, 6) is 0.611. The minimum atomic E-state index is -2.81. The number of rotatable bonds is 3. The highest BCUT2D eigenvalue weighted by Gasteiger charge is 2.47. The lowest BCUT2D eigenvalue weighted by molar-refractivity contribution is 0.355. The van der Waals surface area contributed by atoms with Gasteiger partial charge < -0.3 is 4.90 Å². The average molecular weight is 265 g/mol. The molecule has 2 atom stereocenters. The molecule has 0 unspecified atom stereocenters. The molecule has 15 heavy (non-hydrogen) atoms. The van der Waals surface area contributed by atoms with Crippen molar-refractivity contribution >= 4 is 38.1 Å². The summed E-state index contributed by atoms with van der Waals surface area (Å²) in [6.07, 6.45) is 2.21. The molecule has 2 aliphatic heterocycles. The van der Waals surface area contributed by atoms with Crippen LogP contribution in [0.15, 0.2) is 0 Å². The largest absolute Gasteiger partial charge is 0.352 e. The van der Waals surface area contributed by atoms with Crippen molar-refractivity contribution < 1.29 is 8.42 Å². The summed E-state index contributed by atoms with van der Waals surface area (Å²) in [7, 11) is -2.81. The Morgan fingerprint density at radius 3 is 2.93 bits per heavy atom. The Balaban J connectivity index is 2.09. The smallest absolute Gasteiger partial charge is 0.153 e. The summed E-state index contributed by atoms with van der Waals surface area (Å²) in [5, 5.41) is 0.194. The Bertz CT molecular complexity index is 366. The molecular weight excluding hydrogens is 250 g/mol. The van der Waals surface area contributed by atoms with E-state index < -0.39 is 9.84 Å². The SMILES string of the molecule is CCCCN1C(=S)S[C@H]2CS(=O)(=O)C[C@H]21. The third-order valence-corrected chi connectivity index (χ3v) is 6.58. The second-order valence-corrected chi connectivity index (χ2v) is 8.14. The summed E-state index contributed by atoms with van der Waals surface area (Å²) >= 11 is 6.85. The lowest BCUT2D eigenvalue weighted by atomic mass is 10.2. The van der Waals surface area contributed by atoms with Gasteiger partial charge in [-0.3, -0.25) is 0 Å². The Labute approximate surface area is 101 Å². The van der Waals surface area contributed by atoms with Gasteiger partial charge in [-0.2, -0.15) is 0 Å². The topological polar surface area (TPSA) is 37.4 Å². The standard InChI is InChI=1S/C9H15NO2S3/c1-2-3-4-10-7-5-15(11,12)6-8(7)14-9(10)13/h7-8H,2-6H2,1H3/t7-,8+/m1/s1. The molecule has 2 heterocycles. The van der Waals surface area contributed by atoms with E-state index in [2.05, 4.69) is 11.8 Å². The van der Waals surface area contributed by atoms with Gasteiger partial charge in [-0.25, -0.2) is 8.42 Å². The van der Waals surface area contributed by atoms with Crippen LogP contribution in [0.3, 0.4) is 0 Å². The van der Waals surface area contributed by atoms with E-state index >= 15 is 0 Å². The van der Waals surface area contributed by atoms with Crippen molar-refractivity contribution in [3.8, 4) is 0 Å². The Kier molecular flexibility index (Phi) is 3.28. The van der Waals surface area contributed by atoms with Crippen molar-refractivity contribution in [2.45, 2.75) is 31.1 Å². The highest BCUT2D eigenvalue weighted by molar-refractivity contribution is 8.24. The normalized spacial score (nSPS) is 33.4. The summed E-state index contributed by atoms with van der Waals surface area (Å²) in [6.45, 7) is 3.05. The summed E-state index contributed by atoms with van der Waals surface area (Å²) in [5.41, 5.74) is 0. The Morgan fingerprint density at radius 2 is 2.27 bits per heavy atom. The van der Waals surface area contributed by atoms with Gasteiger partial charge in [0.25, 0.3) is 0 Å². The number of thiocarbonyl (C=S) groups is 1. The van der Waals surface area contributed by atoms with E-state index in [0.29, 0.717) is 11.5 Å². The number of thioether (sulfide) groups is 1. The van der Waals surface area contributed by atoms with Gasteiger partial charge in [0.05, 0.1) is 17.5 Å². The average Bonchev–Trinajstić information content (AvgIpc) is 2.54. The van der Waals surface area contributed by atoms with Crippen LogP contribution in [-0.4, -0.2) is 47.0 Å². The number of hydrogen-bond donors (Lipinski definition) is 0. The quantitative estimate of drug-likeness (QED) is 0.719. The number of unbranched alkanes of at least 4 members (excludes halogenated alkanes) is 1. The Hall–Kier alpha value is 0.190. The predicted molar refractivity (Wildman–Crippen MR) is 68.0 cm³/mol. The predicted octanol–water partition coefficient (Wildman–Crippen LogP) is 1.29. The summed E-state index contributed by atoms with van der Waals surface area (Å²) in [6, 6.07) is 0.152. The lowest BCUT2D eigenvalue weighted by Gasteiger charge is -2.23. The zero-order valence-corrected chi connectivity index (χ0v) is 11.1. The van der Waals surface area contributed by atoms with Crippen LogP contribution in [0.5, 0.6) is 0 Å². The lowest BCUT2D eigenvalue weighted by Crippen LogP contribution is -2.37. The van der Waals surface area contributed by atoms with Gasteiger partial charge in [0.2, 0.25) is 0 Å². The van der Waals surface area contributed by atoms with E-state index in [0.717, 1.165) is 23.7 Å². The number of hydrogen-bond acceptors (Lipinski definition) is 4. The fourth-order valence-corrected chi connectivity index (χ4v) is 6.54. The van der Waals surface area contributed by atoms with E-state index in [1.807, 2.05) is 0 Å². The van der Waals surface area contributed by atoms with Crippen LogP contribution in [-0.2, 0) is 9.84 Å². The van der Waals surface area contributed by atoms with Crippen LogP contribution in [0.4, 0.5) is 0 Å². The molecule has 0 aromatic carbocycles. The zero-order valence-electron chi connectivity index (χ0n) is 8.68. The molecule has 0 saturated carbocycles. The van der Waals surface area contributed by atoms with E-state index in [9.17, 15) is 8.42 Å². The minimum Gasteiger partial charge on any atom is -0.352 e. The number of nitrogens with zero attached hydrogens (tertiary/aromatic N) is 1. The van der Waals surface area contributed by atoms with E-state index in [1.165, 1.54) is 0 Å². The van der Waals surface area contributed by atoms with Crippen molar-refractivity contribution in [3.05, 3.63) is 0 Å². The minimum absolute atomic E-state index is 0.152. The number of sulfone groups is 1. The second kappa shape index (κ2) is 4.22. The van der Waals surface area contributed by atoms with Crippen molar-refractivity contribution in [1.29, 1.82) is 0 Å². The molecule has 0 spiro atoms. The van der Waals surface area contributed by atoms with Crippen molar-refractivity contribution in [2.24, 2.45) is 0 Å². The van der Waals surface area contributed by atoms with Crippen LogP contribution >= 0.6 is 24.0 Å². The first-order valence-electron chi connectivity index (χ1n) is 5.21. The first-order valence-corrected chi connectivity index (χ1v) is 8.32. The van der Waals surface area contributed by atoms with Gasteiger partial charge in [-0.15, -0.1) is 0 Å². The zero-order chi connectivity index (χ0) is 11.1. The highest BCUT2D eigenvalue weighted by atomic mass is 32.2. The maximum absolute atomic E-state index is 11.5. The van der Waals surface area contributed by atoms with Gasteiger partial charge >= 0.3 is 0 Å². The molecule has 0 radical (unpaired) electrons. The van der Waals surface area contributed by atoms with Gasteiger partial charge in [-0.05, 0) is 6.42 Å². The first kappa shape index (κ1) is 11.7. The molecule has 86 valence electrons. The molecule has 2 fully saturated rings. The third-order valence-electron chi connectivity index (χ3n) is 2.91. The molecule has 2 aliphatic rings. The summed E-state index contributed by atoms with van der Waals surface area (Å²) < 4.78 is 23.9. The first-order chi connectivity index (χ1) is 7.03. The van der Waals surface area contributed by atoms with Crippen LogP contribution in [0, 0.1) is 0 Å². The van der Waals surface area contributed by atoms with Gasteiger partial charge in [0, 0.05) is 11.8 Å². The molecule has 0 bridgehead atoms. The third kappa shape index (κ3) is 2.31. The molecule has 2 rings (SSSR count). The molecule has 0 aliphatic carbocycles. The maximum atomic E-state index is 11.5. The molecular formula is C9H15NO2S3. The van der Waals surface area contributed by atoms with E-state index in [-0.39, 0.29) is 11.3 Å². The van der Waals surface area contributed by atoms with Crippen LogP contribution in [0.1, 0.15) is 19.8 Å². The number of fused-ring (bicyclic) bond motifs is 1. The van der Waals surface area contributed by atoms with Crippen molar-refractivity contribution in [1.82, 2.24) is 4.90 Å². The monoisotopic (exact) mass is 265 g/mol. The molecule has 3 nitrogen and oxygen atoms in total. The fourth-order valence-electron chi connectivity index (χ4n) is 2.12. The fraction of sp³-hybridized carbons (Fsp3) is 0.889. The molecule has 0 N–H and O–H groups in total. The van der Waals surface area contributed by atoms with Gasteiger partial charge in [0.1, 0.15) is 4.32 Å². The highest BCUT2D eigenvalue weighted by Crippen LogP contribution is 2.38. The molecule has 0 amide bonds. The maximum Gasteiger partial charge on any atom is 0.153 e. The van der Waals surface area contributed by atoms with Crippen molar-refractivity contribution in [3.63, 3.8) is 0 Å². The Morgan fingerprint density at radius 1 is 1.53 bits per heavy atom. The van der Waals surface area contributed by atoms with Gasteiger partial charge in [-0.1, -0.05) is 37.3 Å². The molecule has 6 heteroatoms. The summed E-state index contributed by atoms with van der Waals surface area (Å²) in [4.78, 5) is 2.12. The van der Waals surface area contributed by atoms with Crippen LogP contribution < -0.4 is 0 Å². The second-order valence-electron chi connectivity index (χ2n) is 4.11. The molecule has 2 saturated heterocycles. The molecule has 0 aromatic heterocycles. The van der Waals surface area contributed by atoms with E-state index in [1.54, 1.807) is 11.8 Å². The molecule has 0 aromatic rings. The van der Waals surface area contributed by atoms with Crippen LogP contribution in [0.2, 0.25) is 0 Å². The van der Waals surface area contributed by atoms with E-state index in [4.69, 9.17) is 12.2 Å². The van der Waals surface area contributed by atoms with Crippen LogP contribution in [0.25, 0.3) is 0 Å². The van der Waals surface area contributed by atoms with Crippen molar-refractivity contribution in [2.75, 3.05) is 18.1 Å². The van der Waals surface area contributed by atoms with Gasteiger partial charge in [0.15, 0.2) is 9.84 Å².